The van der Waals surface area contributed by atoms with Gasteiger partial charge in [-0.15, -0.1) is 12.4 Å². The lowest BCUT2D eigenvalue weighted by Gasteiger charge is -2.12. The van der Waals surface area contributed by atoms with Crippen molar-refractivity contribution in [1.82, 2.24) is 5.32 Å². The van der Waals surface area contributed by atoms with E-state index >= 15 is 0 Å². The van der Waals surface area contributed by atoms with Crippen molar-refractivity contribution >= 4 is 12.4 Å². The molecule has 22 heavy (non-hydrogen) atoms. The summed E-state index contributed by atoms with van der Waals surface area (Å²) < 4.78 is 10.3. The second-order valence-corrected chi connectivity index (χ2v) is 5.29. The molecule has 1 rings (SSSR count). The Morgan fingerprint density at radius 2 is 1.50 bits per heavy atom. The minimum absolute atomic E-state index is 0. The van der Waals surface area contributed by atoms with Crippen molar-refractivity contribution in [2.45, 2.75) is 52.0 Å². The lowest BCUT2D eigenvalue weighted by atomic mass is 10.1. The smallest absolute Gasteiger partial charge is 0.200 e. The third-order valence-corrected chi connectivity index (χ3v) is 3.58. The normalized spacial score (nSPS) is 10.1. The van der Waals surface area contributed by atoms with E-state index in [9.17, 15) is 5.11 Å². The zero-order valence-corrected chi connectivity index (χ0v) is 14.8. The van der Waals surface area contributed by atoms with Gasteiger partial charge in [0.25, 0.3) is 0 Å². The summed E-state index contributed by atoms with van der Waals surface area (Å²) in [6.45, 7) is 4.00. The molecule has 0 amide bonds. The Bertz CT molecular complexity index is 388. The van der Waals surface area contributed by atoms with Gasteiger partial charge in [0.2, 0.25) is 5.75 Å². The highest BCUT2D eigenvalue weighted by molar-refractivity contribution is 5.85. The molecule has 4 nitrogen and oxygen atoms in total. The first-order valence-electron chi connectivity index (χ1n) is 7.87. The molecule has 0 radical (unpaired) electrons. The molecular formula is C17H30ClNO3. The number of halogens is 1. The number of unbranched alkanes of at least 4 members (excludes halogenated alkanes) is 5. The number of phenols is 1. The fourth-order valence-corrected chi connectivity index (χ4v) is 2.31. The summed E-state index contributed by atoms with van der Waals surface area (Å²) in [6, 6.07) is 3.68. The van der Waals surface area contributed by atoms with E-state index in [0.29, 0.717) is 11.5 Å². The third-order valence-electron chi connectivity index (χ3n) is 3.58. The topological polar surface area (TPSA) is 50.7 Å². The van der Waals surface area contributed by atoms with E-state index in [1.54, 1.807) is 14.2 Å². The summed E-state index contributed by atoms with van der Waals surface area (Å²) in [5.41, 5.74) is 1.05. The van der Waals surface area contributed by atoms with Crippen LogP contribution in [0.1, 0.15) is 51.0 Å². The van der Waals surface area contributed by atoms with Crippen molar-refractivity contribution in [3.8, 4) is 17.2 Å². The second-order valence-electron chi connectivity index (χ2n) is 5.29. The van der Waals surface area contributed by atoms with Crippen LogP contribution >= 0.6 is 12.4 Å². The van der Waals surface area contributed by atoms with Gasteiger partial charge in [0, 0.05) is 6.54 Å². The van der Waals surface area contributed by atoms with Crippen LogP contribution < -0.4 is 14.8 Å². The number of rotatable bonds is 11. The van der Waals surface area contributed by atoms with Crippen LogP contribution in [0.2, 0.25) is 0 Å². The van der Waals surface area contributed by atoms with Crippen LogP contribution in [-0.4, -0.2) is 25.9 Å². The molecule has 0 spiro atoms. The fraction of sp³-hybridized carbons (Fsp3) is 0.647. The van der Waals surface area contributed by atoms with Gasteiger partial charge in [0.1, 0.15) is 0 Å². The largest absolute Gasteiger partial charge is 0.502 e. The van der Waals surface area contributed by atoms with Crippen LogP contribution in [0.25, 0.3) is 0 Å². The standard InChI is InChI=1S/C17H29NO3.ClH/c1-4-5-6-7-8-9-10-18-13-14-11-15(20-2)17(19)16(12-14)21-3;/h11-12,18-19H,4-10,13H2,1-3H3;1H. The molecule has 0 aliphatic rings. The predicted octanol–water partition coefficient (Wildman–Crippen LogP) is 4.28. The van der Waals surface area contributed by atoms with Gasteiger partial charge in [0.05, 0.1) is 14.2 Å². The number of methoxy groups -OCH3 is 2. The highest BCUT2D eigenvalue weighted by Crippen LogP contribution is 2.36. The molecule has 1 aromatic carbocycles. The maximum atomic E-state index is 9.86. The van der Waals surface area contributed by atoms with Crippen molar-refractivity contribution in [2.75, 3.05) is 20.8 Å². The minimum Gasteiger partial charge on any atom is -0.502 e. The van der Waals surface area contributed by atoms with Crippen LogP contribution in [0.4, 0.5) is 0 Å². The average molecular weight is 332 g/mol. The first-order valence-corrected chi connectivity index (χ1v) is 7.87. The fourth-order valence-electron chi connectivity index (χ4n) is 2.31. The first-order chi connectivity index (χ1) is 10.2. The van der Waals surface area contributed by atoms with Crippen LogP contribution in [0.3, 0.4) is 0 Å². The van der Waals surface area contributed by atoms with Gasteiger partial charge >= 0.3 is 0 Å². The monoisotopic (exact) mass is 331 g/mol. The summed E-state index contributed by atoms with van der Waals surface area (Å²) in [7, 11) is 3.09. The molecule has 0 aliphatic carbocycles. The number of phenolic OH excluding ortho intramolecular Hbond substituents is 1. The van der Waals surface area contributed by atoms with E-state index in [1.165, 1.54) is 38.5 Å². The maximum absolute atomic E-state index is 9.86. The second kappa shape index (κ2) is 12.4. The number of hydrogen-bond acceptors (Lipinski definition) is 4. The highest BCUT2D eigenvalue weighted by atomic mass is 35.5. The Morgan fingerprint density at radius 3 is 2.05 bits per heavy atom. The van der Waals surface area contributed by atoms with Gasteiger partial charge in [-0.05, 0) is 30.7 Å². The minimum atomic E-state index is 0. The predicted molar refractivity (Wildman–Crippen MR) is 93.5 cm³/mol. The van der Waals surface area contributed by atoms with Crippen LogP contribution in [-0.2, 0) is 6.54 Å². The van der Waals surface area contributed by atoms with Crippen LogP contribution in [0.15, 0.2) is 12.1 Å². The van der Waals surface area contributed by atoms with Gasteiger partial charge < -0.3 is 19.9 Å². The molecule has 0 unspecified atom stereocenters. The number of hydrogen-bond donors (Lipinski definition) is 2. The molecule has 0 fully saturated rings. The summed E-state index contributed by atoms with van der Waals surface area (Å²) in [5.74, 6) is 0.955. The molecule has 0 saturated carbocycles. The van der Waals surface area contributed by atoms with Crippen molar-refractivity contribution in [2.24, 2.45) is 0 Å². The van der Waals surface area contributed by atoms with Crippen molar-refractivity contribution < 1.29 is 14.6 Å². The van der Waals surface area contributed by atoms with Gasteiger partial charge in [-0.2, -0.15) is 0 Å². The SMILES string of the molecule is CCCCCCCCNCc1cc(OC)c(O)c(OC)c1.Cl. The first kappa shape index (κ1) is 20.9. The van der Waals surface area contributed by atoms with Gasteiger partial charge in [-0.25, -0.2) is 0 Å². The van der Waals surface area contributed by atoms with Crippen LogP contribution in [0.5, 0.6) is 17.2 Å². The lowest BCUT2D eigenvalue weighted by Crippen LogP contribution is -2.14. The van der Waals surface area contributed by atoms with Gasteiger partial charge in [0.15, 0.2) is 11.5 Å². The molecule has 0 aromatic heterocycles. The number of aromatic hydroxyl groups is 1. The lowest BCUT2D eigenvalue weighted by molar-refractivity contribution is 0.339. The van der Waals surface area contributed by atoms with E-state index < -0.39 is 0 Å². The molecule has 0 atom stereocenters. The highest BCUT2D eigenvalue weighted by Gasteiger charge is 2.10. The van der Waals surface area contributed by atoms with E-state index in [4.69, 9.17) is 9.47 Å². The van der Waals surface area contributed by atoms with Crippen molar-refractivity contribution in [1.29, 1.82) is 0 Å². The van der Waals surface area contributed by atoms with E-state index in [2.05, 4.69) is 12.2 Å². The van der Waals surface area contributed by atoms with Crippen molar-refractivity contribution in [3.63, 3.8) is 0 Å². The average Bonchev–Trinajstić information content (AvgIpc) is 2.51. The van der Waals surface area contributed by atoms with Crippen molar-refractivity contribution in [3.05, 3.63) is 17.7 Å². The Balaban J connectivity index is 0.00000441. The van der Waals surface area contributed by atoms with E-state index in [1.807, 2.05) is 12.1 Å². The van der Waals surface area contributed by atoms with E-state index in [-0.39, 0.29) is 18.2 Å². The van der Waals surface area contributed by atoms with Gasteiger partial charge in [-0.1, -0.05) is 39.0 Å². The molecule has 0 heterocycles. The molecular weight excluding hydrogens is 302 g/mol. The number of ether oxygens (including phenoxy) is 2. The number of benzene rings is 1. The Morgan fingerprint density at radius 1 is 0.955 bits per heavy atom. The molecule has 0 saturated heterocycles. The molecule has 1 aromatic rings. The molecule has 5 heteroatoms. The van der Waals surface area contributed by atoms with E-state index in [0.717, 1.165) is 18.7 Å². The molecule has 2 N–H and O–H groups in total. The summed E-state index contributed by atoms with van der Waals surface area (Å²) in [6.07, 6.45) is 7.81. The zero-order valence-electron chi connectivity index (χ0n) is 14.0. The van der Waals surface area contributed by atoms with Crippen LogP contribution in [0, 0.1) is 0 Å². The van der Waals surface area contributed by atoms with Gasteiger partial charge in [-0.3, -0.25) is 0 Å². The molecule has 128 valence electrons. The summed E-state index contributed by atoms with van der Waals surface area (Å²) >= 11 is 0. The summed E-state index contributed by atoms with van der Waals surface area (Å²) in [5, 5.41) is 13.3. The third kappa shape index (κ3) is 7.23. The quantitative estimate of drug-likeness (QED) is 0.594. The Kier molecular flexibility index (Phi) is 11.8. The Labute approximate surface area is 140 Å². The zero-order chi connectivity index (χ0) is 15.5. The number of nitrogens with one attached hydrogen (secondary N) is 1. The Hall–Kier alpha value is -1.13. The molecule has 0 bridgehead atoms. The summed E-state index contributed by atoms with van der Waals surface area (Å²) in [4.78, 5) is 0. The maximum Gasteiger partial charge on any atom is 0.200 e. The molecule has 0 aliphatic heterocycles.